The van der Waals surface area contributed by atoms with Gasteiger partial charge in [-0.25, -0.2) is 0 Å². The largest absolute Gasteiger partial charge is 0.497 e. The number of hydrogen-bond acceptors (Lipinski definition) is 3. The summed E-state index contributed by atoms with van der Waals surface area (Å²) in [7, 11) is 1.67. The number of rotatable bonds is 3. The zero-order chi connectivity index (χ0) is 16.5. The van der Waals surface area contributed by atoms with Crippen LogP contribution in [0, 0.1) is 0 Å². The molecule has 24 heavy (non-hydrogen) atoms. The van der Waals surface area contributed by atoms with Gasteiger partial charge in [-0.15, -0.1) is 0 Å². The number of hydrogen-bond donors (Lipinski definition) is 0. The zero-order valence-electron chi connectivity index (χ0n) is 13.9. The van der Waals surface area contributed by atoms with Crippen LogP contribution >= 0.6 is 0 Å². The molecule has 0 N–H and O–H groups in total. The van der Waals surface area contributed by atoms with Crippen LogP contribution in [0.25, 0.3) is 0 Å². The Kier molecular flexibility index (Phi) is 3.98. The molecule has 0 saturated carbocycles. The number of nitrogens with zero attached hydrogens (tertiary/aromatic N) is 2. The molecule has 1 saturated heterocycles. The molecule has 0 aliphatic carbocycles. The highest BCUT2D eigenvalue weighted by Gasteiger charge is 2.36. The highest BCUT2D eigenvalue weighted by atomic mass is 16.5. The molecule has 0 aromatic heterocycles. The average Bonchev–Trinajstić information content (AvgIpc) is 2.62. The van der Waals surface area contributed by atoms with E-state index in [2.05, 4.69) is 34.1 Å². The van der Waals surface area contributed by atoms with Crippen molar-refractivity contribution in [3.8, 4) is 5.75 Å². The SMILES string of the molecule is COc1ccc2c(c1)C[C@@H]1CN(Cc3ccccc3)CCN1C2=O. The second kappa shape index (κ2) is 6.29. The summed E-state index contributed by atoms with van der Waals surface area (Å²) >= 11 is 0. The van der Waals surface area contributed by atoms with E-state index in [0.717, 1.165) is 49.5 Å². The van der Waals surface area contributed by atoms with Crippen LogP contribution in [0.3, 0.4) is 0 Å². The third-order valence-electron chi connectivity index (χ3n) is 5.08. The molecule has 2 aliphatic rings. The number of methoxy groups -OCH3 is 1. The van der Waals surface area contributed by atoms with Gasteiger partial charge >= 0.3 is 0 Å². The topological polar surface area (TPSA) is 32.8 Å². The number of ether oxygens (including phenoxy) is 1. The van der Waals surface area contributed by atoms with Gasteiger partial charge in [0.1, 0.15) is 5.75 Å². The fraction of sp³-hybridized carbons (Fsp3) is 0.350. The number of carbonyl (C=O) groups excluding carboxylic acids is 1. The predicted octanol–water partition coefficient (Wildman–Crippen LogP) is 2.58. The number of amides is 1. The smallest absolute Gasteiger partial charge is 0.254 e. The van der Waals surface area contributed by atoms with Gasteiger partial charge in [-0.2, -0.15) is 0 Å². The maximum Gasteiger partial charge on any atom is 0.254 e. The van der Waals surface area contributed by atoms with Crippen LogP contribution in [0.4, 0.5) is 0 Å². The van der Waals surface area contributed by atoms with Gasteiger partial charge in [-0.1, -0.05) is 30.3 Å². The monoisotopic (exact) mass is 322 g/mol. The molecule has 1 atom stereocenters. The highest BCUT2D eigenvalue weighted by molar-refractivity contribution is 5.97. The Balaban J connectivity index is 1.52. The molecule has 124 valence electrons. The molecular weight excluding hydrogens is 300 g/mol. The van der Waals surface area contributed by atoms with Gasteiger partial charge < -0.3 is 9.64 Å². The Morgan fingerprint density at radius 1 is 1.12 bits per heavy atom. The van der Waals surface area contributed by atoms with Crippen LogP contribution in [0.2, 0.25) is 0 Å². The molecule has 4 heteroatoms. The van der Waals surface area contributed by atoms with Gasteiger partial charge in [-0.05, 0) is 35.7 Å². The van der Waals surface area contributed by atoms with E-state index >= 15 is 0 Å². The van der Waals surface area contributed by atoms with E-state index in [1.807, 2.05) is 24.3 Å². The van der Waals surface area contributed by atoms with Gasteiger partial charge in [0.2, 0.25) is 0 Å². The Morgan fingerprint density at radius 3 is 2.75 bits per heavy atom. The van der Waals surface area contributed by atoms with Gasteiger partial charge in [0, 0.05) is 37.8 Å². The van der Waals surface area contributed by atoms with E-state index in [-0.39, 0.29) is 11.9 Å². The van der Waals surface area contributed by atoms with Crippen LogP contribution in [-0.4, -0.2) is 48.5 Å². The van der Waals surface area contributed by atoms with Crippen LogP contribution < -0.4 is 4.74 Å². The Morgan fingerprint density at radius 2 is 1.96 bits per heavy atom. The van der Waals surface area contributed by atoms with Crippen molar-refractivity contribution in [2.45, 2.75) is 19.0 Å². The summed E-state index contributed by atoms with van der Waals surface area (Å²) in [5.41, 5.74) is 3.28. The van der Waals surface area contributed by atoms with Crippen molar-refractivity contribution in [1.82, 2.24) is 9.80 Å². The molecule has 0 radical (unpaired) electrons. The predicted molar refractivity (Wildman–Crippen MR) is 93.2 cm³/mol. The highest BCUT2D eigenvalue weighted by Crippen LogP contribution is 2.29. The lowest BCUT2D eigenvalue weighted by Crippen LogP contribution is -2.57. The number of fused-ring (bicyclic) bond motifs is 2. The van der Waals surface area contributed by atoms with E-state index in [1.165, 1.54) is 5.56 Å². The third-order valence-corrected chi connectivity index (χ3v) is 5.08. The molecule has 4 nitrogen and oxygen atoms in total. The van der Waals surface area contributed by atoms with Gasteiger partial charge in [0.15, 0.2) is 0 Å². The lowest BCUT2D eigenvalue weighted by Gasteiger charge is -2.44. The molecule has 0 bridgehead atoms. The third kappa shape index (κ3) is 2.78. The summed E-state index contributed by atoms with van der Waals surface area (Å²) in [6.07, 6.45) is 0.906. The first-order chi connectivity index (χ1) is 11.7. The van der Waals surface area contributed by atoms with Gasteiger partial charge in [-0.3, -0.25) is 9.69 Å². The van der Waals surface area contributed by atoms with E-state index in [1.54, 1.807) is 7.11 Å². The molecule has 2 aromatic carbocycles. The quantitative estimate of drug-likeness (QED) is 0.871. The zero-order valence-corrected chi connectivity index (χ0v) is 13.9. The second-order valence-corrected chi connectivity index (χ2v) is 6.60. The standard InChI is InChI=1S/C20H22N2O2/c1-24-18-7-8-19-16(12-18)11-17-14-21(9-10-22(17)20(19)23)13-15-5-3-2-4-6-15/h2-8,12,17H,9-11,13-14H2,1H3/t17-/m1/s1. The minimum atomic E-state index is 0.170. The van der Waals surface area contributed by atoms with Crippen molar-refractivity contribution >= 4 is 5.91 Å². The van der Waals surface area contributed by atoms with Crippen molar-refractivity contribution in [3.05, 3.63) is 65.2 Å². The van der Waals surface area contributed by atoms with Crippen LogP contribution in [-0.2, 0) is 13.0 Å². The lowest BCUT2D eigenvalue weighted by molar-refractivity contribution is 0.0401. The molecule has 2 aromatic rings. The van der Waals surface area contributed by atoms with Crippen molar-refractivity contribution in [1.29, 1.82) is 0 Å². The molecule has 2 heterocycles. The molecular formula is C20H22N2O2. The van der Waals surface area contributed by atoms with Crippen LogP contribution in [0.1, 0.15) is 21.5 Å². The first kappa shape index (κ1) is 15.2. The van der Waals surface area contributed by atoms with Gasteiger partial charge in [0.25, 0.3) is 5.91 Å². The van der Waals surface area contributed by atoms with Crippen molar-refractivity contribution in [2.24, 2.45) is 0 Å². The number of piperazine rings is 1. The number of carbonyl (C=O) groups is 1. The van der Waals surface area contributed by atoms with Crippen molar-refractivity contribution in [2.75, 3.05) is 26.7 Å². The lowest BCUT2D eigenvalue weighted by atomic mass is 9.91. The molecule has 1 amide bonds. The maximum absolute atomic E-state index is 12.8. The fourth-order valence-corrected chi connectivity index (χ4v) is 3.83. The summed E-state index contributed by atoms with van der Waals surface area (Å²) < 4.78 is 5.32. The first-order valence-electron chi connectivity index (χ1n) is 8.49. The number of benzene rings is 2. The van der Waals surface area contributed by atoms with Crippen LogP contribution in [0.5, 0.6) is 5.75 Å². The molecule has 0 spiro atoms. The summed E-state index contributed by atoms with van der Waals surface area (Å²) in [5, 5.41) is 0. The van der Waals surface area contributed by atoms with E-state index in [9.17, 15) is 4.79 Å². The summed E-state index contributed by atoms with van der Waals surface area (Å²) in [6.45, 7) is 3.62. The molecule has 2 aliphatic heterocycles. The normalized spacial score (nSPS) is 20.5. The first-order valence-corrected chi connectivity index (χ1v) is 8.49. The molecule has 4 rings (SSSR count). The Hall–Kier alpha value is -2.33. The second-order valence-electron chi connectivity index (χ2n) is 6.60. The van der Waals surface area contributed by atoms with Crippen LogP contribution in [0.15, 0.2) is 48.5 Å². The van der Waals surface area contributed by atoms with Crippen molar-refractivity contribution < 1.29 is 9.53 Å². The van der Waals surface area contributed by atoms with E-state index in [0.29, 0.717) is 0 Å². The van der Waals surface area contributed by atoms with Crippen molar-refractivity contribution in [3.63, 3.8) is 0 Å². The van der Waals surface area contributed by atoms with E-state index < -0.39 is 0 Å². The molecule has 1 fully saturated rings. The minimum absolute atomic E-state index is 0.170. The van der Waals surface area contributed by atoms with E-state index in [4.69, 9.17) is 4.74 Å². The Bertz CT molecular complexity index is 745. The summed E-state index contributed by atoms with van der Waals surface area (Å²) in [6, 6.07) is 16.6. The summed E-state index contributed by atoms with van der Waals surface area (Å²) in [5.74, 6) is 0.996. The van der Waals surface area contributed by atoms with Gasteiger partial charge in [0.05, 0.1) is 7.11 Å². The summed E-state index contributed by atoms with van der Waals surface area (Å²) in [4.78, 5) is 17.3. The maximum atomic E-state index is 12.8. The average molecular weight is 322 g/mol. The minimum Gasteiger partial charge on any atom is -0.497 e. The molecule has 0 unspecified atom stereocenters. The fourth-order valence-electron chi connectivity index (χ4n) is 3.83. The Labute approximate surface area is 142 Å².